The van der Waals surface area contributed by atoms with Crippen molar-refractivity contribution in [3.63, 3.8) is 0 Å². The van der Waals surface area contributed by atoms with E-state index >= 15 is 0 Å². The predicted octanol–water partition coefficient (Wildman–Crippen LogP) is 1.85. The number of phenols is 1. The van der Waals surface area contributed by atoms with Crippen LogP contribution < -0.4 is 14.8 Å². The van der Waals surface area contributed by atoms with Gasteiger partial charge in [-0.05, 0) is 30.7 Å². The number of hydrogen-bond acceptors (Lipinski definition) is 5. The molecule has 0 saturated heterocycles. The topological polar surface area (TPSA) is 79.4 Å². The summed E-state index contributed by atoms with van der Waals surface area (Å²) in [6.07, 6.45) is 5.51. The number of phenolic OH excluding ortho intramolecular Hbond substituents is 1. The van der Waals surface area contributed by atoms with Crippen LogP contribution in [-0.4, -0.2) is 35.8 Å². The van der Waals surface area contributed by atoms with Crippen LogP contribution in [0, 0.1) is 0 Å². The van der Waals surface area contributed by atoms with Crippen molar-refractivity contribution in [2.75, 3.05) is 20.8 Å². The summed E-state index contributed by atoms with van der Waals surface area (Å²) in [5, 5.41) is 13.2. The van der Waals surface area contributed by atoms with Gasteiger partial charge in [-0.15, -0.1) is 0 Å². The van der Waals surface area contributed by atoms with Gasteiger partial charge in [-0.3, -0.25) is 0 Å². The van der Waals surface area contributed by atoms with Crippen LogP contribution in [0.2, 0.25) is 0 Å². The van der Waals surface area contributed by atoms with E-state index in [9.17, 15) is 5.11 Å². The van der Waals surface area contributed by atoms with Crippen molar-refractivity contribution in [3.8, 4) is 17.2 Å². The van der Waals surface area contributed by atoms with Gasteiger partial charge in [-0.1, -0.05) is 0 Å². The Morgan fingerprint density at radius 1 is 1.24 bits per heavy atom. The molecular formula is C15H21N3O3. The van der Waals surface area contributed by atoms with Crippen molar-refractivity contribution in [2.45, 2.75) is 19.4 Å². The van der Waals surface area contributed by atoms with Gasteiger partial charge in [-0.25, -0.2) is 4.98 Å². The molecule has 0 aliphatic heterocycles. The fourth-order valence-corrected chi connectivity index (χ4v) is 2.10. The standard InChI is InChI=1S/C15H21N3O3/c1-20-12-8-11(9-13(21-2)15(12)19)10-16-5-3-4-14-17-6-7-18-14/h6-9,16,19H,3-5,10H2,1-2H3,(H,17,18). The van der Waals surface area contributed by atoms with Crippen molar-refractivity contribution in [1.82, 2.24) is 15.3 Å². The average molecular weight is 291 g/mol. The number of imidazole rings is 1. The van der Waals surface area contributed by atoms with Gasteiger partial charge in [0.05, 0.1) is 14.2 Å². The van der Waals surface area contributed by atoms with Crippen LogP contribution in [0.15, 0.2) is 24.5 Å². The summed E-state index contributed by atoms with van der Waals surface area (Å²) in [5.41, 5.74) is 1.000. The molecule has 1 heterocycles. The first-order valence-electron chi connectivity index (χ1n) is 6.87. The molecule has 6 nitrogen and oxygen atoms in total. The Kier molecular flexibility index (Phi) is 5.45. The normalized spacial score (nSPS) is 10.6. The van der Waals surface area contributed by atoms with Gasteiger partial charge in [0.25, 0.3) is 0 Å². The SMILES string of the molecule is COc1cc(CNCCCc2ncc[nH]2)cc(OC)c1O. The first-order chi connectivity index (χ1) is 10.2. The molecule has 0 aliphatic carbocycles. The van der Waals surface area contributed by atoms with Gasteiger partial charge in [0.15, 0.2) is 11.5 Å². The number of ether oxygens (including phenoxy) is 2. The summed E-state index contributed by atoms with van der Waals surface area (Å²) in [7, 11) is 3.05. The molecule has 114 valence electrons. The van der Waals surface area contributed by atoms with Gasteiger partial charge in [0, 0.05) is 25.4 Å². The monoisotopic (exact) mass is 291 g/mol. The number of aryl methyl sites for hydroxylation is 1. The number of rotatable bonds is 8. The van der Waals surface area contributed by atoms with Crippen LogP contribution >= 0.6 is 0 Å². The molecule has 0 bridgehead atoms. The minimum atomic E-state index is 0.0292. The molecule has 3 N–H and O–H groups in total. The van der Waals surface area contributed by atoms with Gasteiger partial charge >= 0.3 is 0 Å². The van der Waals surface area contributed by atoms with Gasteiger partial charge in [-0.2, -0.15) is 0 Å². The third-order valence-corrected chi connectivity index (χ3v) is 3.19. The molecule has 1 aromatic heterocycles. The predicted molar refractivity (Wildman–Crippen MR) is 79.8 cm³/mol. The number of nitrogens with one attached hydrogen (secondary N) is 2. The molecule has 21 heavy (non-hydrogen) atoms. The maximum Gasteiger partial charge on any atom is 0.200 e. The van der Waals surface area contributed by atoms with Crippen LogP contribution in [0.5, 0.6) is 17.2 Å². The van der Waals surface area contributed by atoms with Crippen molar-refractivity contribution < 1.29 is 14.6 Å². The number of H-pyrrole nitrogens is 1. The zero-order valence-corrected chi connectivity index (χ0v) is 12.3. The quantitative estimate of drug-likeness (QED) is 0.647. The number of methoxy groups -OCH3 is 2. The molecule has 6 heteroatoms. The lowest BCUT2D eigenvalue weighted by Gasteiger charge is -2.11. The second kappa shape index (κ2) is 7.54. The Hall–Kier alpha value is -2.21. The third kappa shape index (κ3) is 4.13. The molecule has 0 saturated carbocycles. The lowest BCUT2D eigenvalue weighted by molar-refractivity contribution is 0.339. The highest BCUT2D eigenvalue weighted by Gasteiger charge is 2.10. The second-order valence-electron chi connectivity index (χ2n) is 4.67. The van der Waals surface area contributed by atoms with Crippen molar-refractivity contribution in [3.05, 3.63) is 35.9 Å². The zero-order chi connectivity index (χ0) is 15.1. The van der Waals surface area contributed by atoms with Crippen molar-refractivity contribution >= 4 is 0 Å². The van der Waals surface area contributed by atoms with Crippen molar-refractivity contribution in [1.29, 1.82) is 0 Å². The largest absolute Gasteiger partial charge is 0.502 e. The first kappa shape index (κ1) is 15.2. The summed E-state index contributed by atoms with van der Waals surface area (Å²) in [6, 6.07) is 3.61. The Morgan fingerprint density at radius 2 is 1.95 bits per heavy atom. The van der Waals surface area contributed by atoms with E-state index in [1.54, 1.807) is 18.3 Å². The lowest BCUT2D eigenvalue weighted by Crippen LogP contribution is -2.15. The van der Waals surface area contributed by atoms with Crippen LogP contribution in [0.25, 0.3) is 0 Å². The van der Waals surface area contributed by atoms with Gasteiger partial charge < -0.3 is 24.9 Å². The number of aromatic hydroxyl groups is 1. The number of nitrogens with zero attached hydrogens (tertiary/aromatic N) is 1. The zero-order valence-electron chi connectivity index (χ0n) is 12.3. The van der Waals surface area contributed by atoms with Crippen LogP contribution in [-0.2, 0) is 13.0 Å². The molecule has 0 amide bonds. The molecule has 2 rings (SSSR count). The van der Waals surface area contributed by atoms with E-state index in [2.05, 4.69) is 15.3 Å². The average Bonchev–Trinajstić information content (AvgIpc) is 3.01. The van der Waals surface area contributed by atoms with Crippen LogP contribution in [0.1, 0.15) is 17.8 Å². The minimum Gasteiger partial charge on any atom is -0.502 e. The summed E-state index contributed by atoms with van der Waals surface area (Å²) in [6.45, 7) is 1.57. The minimum absolute atomic E-state index is 0.0292. The highest BCUT2D eigenvalue weighted by atomic mass is 16.5. The number of aromatic nitrogens is 2. The van der Waals surface area contributed by atoms with E-state index in [-0.39, 0.29) is 5.75 Å². The molecule has 0 atom stereocenters. The number of benzene rings is 1. The maximum absolute atomic E-state index is 9.85. The fraction of sp³-hybridized carbons (Fsp3) is 0.400. The Morgan fingerprint density at radius 3 is 2.52 bits per heavy atom. The molecule has 0 fully saturated rings. The van der Waals surface area contributed by atoms with E-state index in [0.29, 0.717) is 18.0 Å². The highest BCUT2D eigenvalue weighted by Crippen LogP contribution is 2.36. The molecule has 0 radical (unpaired) electrons. The summed E-state index contributed by atoms with van der Waals surface area (Å²) >= 11 is 0. The Bertz CT molecular complexity index is 530. The number of hydrogen-bond donors (Lipinski definition) is 3. The van der Waals surface area contributed by atoms with E-state index in [0.717, 1.165) is 30.8 Å². The van der Waals surface area contributed by atoms with Crippen molar-refractivity contribution in [2.24, 2.45) is 0 Å². The second-order valence-corrected chi connectivity index (χ2v) is 4.67. The highest BCUT2D eigenvalue weighted by molar-refractivity contribution is 5.52. The lowest BCUT2D eigenvalue weighted by atomic mass is 10.1. The molecular weight excluding hydrogens is 270 g/mol. The summed E-state index contributed by atoms with van der Waals surface area (Å²) < 4.78 is 10.3. The van der Waals surface area contributed by atoms with Crippen LogP contribution in [0.3, 0.4) is 0 Å². The van der Waals surface area contributed by atoms with E-state index in [4.69, 9.17) is 9.47 Å². The summed E-state index contributed by atoms with van der Waals surface area (Å²) in [5.74, 6) is 1.87. The molecule has 2 aromatic rings. The van der Waals surface area contributed by atoms with E-state index < -0.39 is 0 Å². The fourth-order valence-electron chi connectivity index (χ4n) is 2.10. The van der Waals surface area contributed by atoms with E-state index in [1.807, 2.05) is 6.20 Å². The maximum atomic E-state index is 9.85. The van der Waals surface area contributed by atoms with Gasteiger partial charge in [0.2, 0.25) is 5.75 Å². The molecule has 0 aliphatic rings. The smallest absolute Gasteiger partial charge is 0.200 e. The molecule has 0 spiro atoms. The third-order valence-electron chi connectivity index (χ3n) is 3.19. The summed E-state index contributed by atoms with van der Waals surface area (Å²) in [4.78, 5) is 7.27. The number of aromatic amines is 1. The van der Waals surface area contributed by atoms with Gasteiger partial charge in [0.1, 0.15) is 5.82 Å². The Balaban J connectivity index is 1.82. The molecule has 1 aromatic carbocycles. The van der Waals surface area contributed by atoms with E-state index in [1.165, 1.54) is 14.2 Å². The first-order valence-corrected chi connectivity index (χ1v) is 6.87. The Labute approximate surface area is 124 Å². The molecule has 0 unspecified atom stereocenters. The van der Waals surface area contributed by atoms with Crippen LogP contribution in [0.4, 0.5) is 0 Å².